The molecule has 3 heteroatoms. The molecule has 0 aliphatic rings. The molecule has 90 valence electrons. The molecule has 0 amide bonds. The van der Waals surface area contributed by atoms with E-state index in [9.17, 15) is 0 Å². The Labute approximate surface area is 107 Å². The van der Waals surface area contributed by atoms with Gasteiger partial charge in [-0.2, -0.15) is 0 Å². The number of ether oxygens (including phenoxy) is 1. The zero-order valence-electron chi connectivity index (χ0n) is 10.0. The number of benzene rings is 1. The lowest BCUT2D eigenvalue weighted by atomic mass is 10.2. The van der Waals surface area contributed by atoms with Crippen molar-refractivity contribution in [2.24, 2.45) is 0 Å². The molecule has 1 aromatic carbocycles. The average molecular weight is 286 g/mol. The molecule has 1 atom stereocenters. The topological polar surface area (TPSA) is 21.3 Å². The molecule has 0 saturated heterocycles. The van der Waals surface area contributed by atoms with Gasteiger partial charge in [0.1, 0.15) is 5.75 Å². The van der Waals surface area contributed by atoms with Crippen LogP contribution >= 0.6 is 15.9 Å². The van der Waals surface area contributed by atoms with Crippen LogP contribution in [0.3, 0.4) is 0 Å². The first-order valence-electron chi connectivity index (χ1n) is 5.84. The zero-order valence-corrected chi connectivity index (χ0v) is 11.6. The third kappa shape index (κ3) is 5.52. The van der Waals surface area contributed by atoms with Gasteiger partial charge < -0.3 is 10.1 Å². The number of hydrogen-bond acceptors (Lipinski definition) is 2. The molecule has 0 heterocycles. The molecule has 0 bridgehead atoms. The van der Waals surface area contributed by atoms with Crippen LogP contribution < -0.4 is 10.1 Å². The Balaban J connectivity index is 2.16. The van der Waals surface area contributed by atoms with Crippen molar-refractivity contribution >= 4 is 15.9 Å². The van der Waals surface area contributed by atoms with E-state index >= 15 is 0 Å². The fraction of sp³-hybridized carbons (Fsp3) is 0.538. The van der Waals surface area contributed by atoms with Crippen molar-refractivity contribution in [2.75, 3.05) is 13.2 Å². The van der Waals surface area contributed by atoms with E-state index in [2.05, 4.69) is 35.1 Å². The Morgan fingerprint density at radius 3 is 2.94 bits per heavy atom. The molecule has 1 N–H and O–H groups in total. The van der Waals surface area contributed by atoms with E-state index in [1.54, 1.807) is 0 Å². The standard InChI is InChI=1S/C13H20BrNO/c1-3-15-11(2)6-5-9-16-13-8-4-7-12(14)10-13/h4,7-8,10-11,15H,3,5-6,9H2,1-2H3. The smallest absolute Gasteiger partial charge is 0.120 e. The van der Waals surface area contributed by atoms with Crippen molar-refractivity contribution in [1.82, 2.24) is 5.32 Å². The Morgan fingerprint density at radius 2 is 2.25 bits per heavy atom. The number of rotatable bonds is 7. The van der Waals surface area contributed by atoms with E-state index in [0.717, 1.165) is 36.2 Å². The summed E-state index contributed by atoms with van der Waals surface area (Å²) in [6.45, 7) is 6.16. The van der Waals surface area contributed by atoms with Gasteiger partial charge in [-0.3, -0.25) is 0 Å². The van der Waals surface area contributed by atoms with Crippen LogP contribution in [0.1, 0.15) is 26.7 Å². The first kappa shape index (κ1) is 13.5. The number of nitrogens with one attached hydrogen (secondary N) is 1. The summed E-state index contributed by atoms with van der Waals surface area (Å²) in [5, 5.41) is 3.39. The van der Waals surface area contributed by atoms with Crippen LogP contribution in [0.4, 0.5) is 0 Å². The van der Waals surface area contributed by atoms with Crippen molar-refractivity contribution in [3.8, 4) is 5.75 Å². The molecular formula is C13H20BrNO. The van der Waals surface area contributed by atoms with Crippen molar-refractivity contribution in [1.29, 1.82) is 0 Å². The van der Waals surface area contributed by atoms with E-state index in [1.165, 1.54) is 0 Å². The highest BCUT2D eigenvalue weighted by molar-refractivity contribution is 9.10. The van der Waals surface area contributed by atoms with Gasteiger partial charge in [-0.1, -0.05) is 28.9 Å². The summed E-state index contributed by atoms with van der Waals surface area (Å²) in [5.74, 6) is 0.936. The third-order valence-corrected chi connectivity index (χ3v) is 2.89. The van der Waals surface area contributed by atoms with Crippen LogP contribution in [0.5, 0.6) is 5.75 Å². The first-order valence-corrected chi connectivity index (χ1v) is 6.63. The maximum Gasteiger partial charge on any atom is 0.120 e. The fourth-order valence-electron chi connectivity index (χ4n) is 1.59. The maximum absolute atomic E-state index is 5.66. The first-order chi connectivity index (χ1) is 7.72. The third-order valence-electron chi connectivity index (χ3n) is 2.40. The van der Waals surface area contributed by atoms with Crippen LogP contribution in [-0.4, -0.2) is 19.2 Å². The quantitative estimate of drug-likeness (QED) is 0.773. The minimum Gasteiger partial charge on any atom is -0.494 e. The van der Waals surface area contributed by atoms with Crippen LogP contribution in [-0.2, 0) is 0 Å². The van der Waals surface area contributed by atoms with Gasteiger partial charge in [0.05, 0.1) is 6.61 Å². The summed E-state index contributed by atoms with van der Waals surface area (Å²) in [6, 6.07) is 8.54. The summed E-state index contributed by atoms with van der Waals surface area (Å²) < 4.78 is 6.72. The lowest BCUT2D eigenvalue weighted by molar-refractivity contribution is 0.298. The van der Waals surface area contributed by atoms with E-state index < -0.39 is 0 Å². The Hall–Kier alpha value is -0.540. The molecular weight excluding hydrogens is 266 g/mol. The molecule has 1 unspecified atom stereocenters. The molecule has 0 aliphatic heterocycles. The van der Waals surface area contributed by atoms with Crippen molar-refractivity contribution in [2.45, 2.75) is 32.7 Å². The summed E-state index contributed by atoms with van der Waals surface area (Å²) >= 11 is 3.42. The lowest BCUT2D eigenvalue weighted by Gasteiger charge is -2.12. The maximum atomic E-state index is 5.66. The highest BCUT2D eigenvalue weighted by Crippen LogP contribution is 2.17. The zero-order chi connectivity index (χ0) is 11.8. The second kappa shape index (κ2) is 7.69. The van der Waals surface area contributed by atoms with Crippen LogP contribution in [0.25, 0.3) is 0 Å². The van der Waals surface area contributed by atoms with Gasteiger partial charge >= 0.3 is 0 Å². The SMILES string of the molecule is CCNC(C)CCCOc1cccc(Br)c1. The van der Waals surface area contributed by atoms with Gasteiger partial charge in [0.25, 0.3) is 0 Å². The normalized spacial score (nSPS) is 12.4. The van der Waals surface area contributed by atoms with Gasteiger partial charge in [-0.05, 0) is 44.5 Å². The van der Waals surface area contributed by atoms with Crippen LogP contribution in [0, 0.1) is 0 Å². The number of hydrogen-bond donors (Lipinski definition) is 1. The number of halogens is 1. The molecule has 0 saturated carbocycles. The summed E-state index contributed by atoms with van der Waals surface area (Å²) in [5.41, 5.74) is 0. The van der Waals surface area contributed by atoms with E-state index in [4.69, 9.17) is 4.74 Å². The fourth-order valence-corrected chi connectivity index (χ4v) is 1.97. The molecule has 1 aromatic rings. The molecule has 0 radical (unpaired) electrons. The van der Waals surface area contributed by atoms with E-state index in [1.807, 2.05) is 24.3 Å². The summed E-state index contributed by atoms with van der Waals surface area (Å²) in [7, 11) is 0. The molecule has 0 spiro atoms. The van der Waals surface area contributed by atoms with Crippen LogP contribution in [0.2, 0.25) is 0 Å². The van der Waals surface area contributed by atoms with Gasteiger partial charge in [-0.25, -0.2) is 0 Å². The van der Waals surface area contributed by atoms with Crippen molar-refractivity contribution in [3.05, 3.63) is 28.7 Å². The lowest BCUT2D eigenvalue weighted by Crippen LogP contribution is -2.25. The summed E-state index contributed by atoms with van der Waals surface area (Å²) in [6.07, 6.45) is 2.24. The van der Waals surface area contributed by atoms with Gasteiger partial charge in [0.2, 0.25) is 0 Å². The second-order valence-electron chi connectivity index (χ2n) is 3.91. The highest BCUT2D eigenvalue weighted by atomic mass is 79.9. The minimum atomic E-state index is 0.580. The van der Waals surface area contributed by atoms with Gasteiger partial charge in [-0.15, -0.1) is 0 Å². The molecule has 1 rings (SSSR count). The van der Waals surface area contributed by atoms with E-state index in [-0.39, 0.29) is 0 Å². The Morgan fingerprint density at radius 1 is 1.44 bits per heavy atom. The molecule has 16 heavy (non-hydrogen) atoms. The van der Waals surface area contributed by atoms with Gasteiger partial charge in [0, 0.05) is 10.5 Å². The largest absolute Gasteiger partial charge is 0.494 e. The second-order valence-corrected chi connectivity index (χ2v) is 4.82. The minimum absolute atomic E-state index is 0.580. The Kier molecular flexibility index (Phi) is 6.50. The van der Waals surface area contributed by atoms with Gasteiger partial charge in [0.15, 0.2) is 0 Å². The summed E-state index contributed by atoms with van der Waals surface area (Å²) in [4.78, 5) is 0. The predicted octanol–water partition coefficient (Wildman–Crippen LogP) is 3.61. The Bertz CT molecular complexity index is 304. The molecule has 0 fully saturated rings. The molecule has 0 aromatic heterocycles. The van der Waals surface area contributed by atoms with Crippen LogP contribution in [0.15, 0.2) is 28.7 Å². The molecule has 2 nitrogen and oxygen atoms in total. The predicted molar refractivity (Wildman–Crippen MR) is 72.0 cm³/mol. The van der Waals surface area contributed by atoms with Crippen molar-refractivity contribution in [3.63, 3.8) is 0 Å². The van der Waals surface area contributed by atoms with E-state index in [0.29, 0.717) is 6.04 Å². The highest BCUT2D eigenvalue weighted by Gasteiger charge is 1.99. The van der Waals surface area contributed by atoms with Crippen molar-refractivity contribution < 1.29 is 4.74 Å². The molecule has 0 aliphatic carbocycles. The monoisotopic (exact) mass is 285 g/mol. The average Bonchev–Trinajstić information content (AvgIpc) is 2.25.